The van der Waals surface area contributed by atoms with Gasteiger partial charge in [0.15, 0.2) is 0 Å². The van der Waals surface area contributed by atoms with Gasteiger partial charge in [0.2, 0.25) is 0 Å². The second-order valence-electron chi connectivity index (χ2n) is 3.09. The van der Waals surface area contributed by atoms with E-state index in [1.807, 2.05) is 10.0 Å². The summed E-state index contributed by atoms with van der Waals surface area (Å²) in [5, 5.41) is 19.3. The number of aliphatic hydroxyl groups is 2. The van der Waals surface area contributed by atoms with E-state index in [4.69, 9.17) is 0 Å². The first kappa shape index (κ1) is 9.70. The summed E-state index contributed by atoms with van der Waals surface area (Å²) in [6.45, 7) is 3.35. The Labute approximate surface area is 80.9 Å². The Hall–Kier alpha value is 0.610. The van der Waals surface area contributed by atoms with Crippen molar-refractivity contribution in [3.63, 3.8) is 0 Å². The van der Waals surface area contributed by atoms with E-state index in [0.29, 0.717) is 19.4 Å². The highest BCUT2D eigenvalue weighted by Gasteiger charge is 2.38. The highest BCUT2D eigenvalue weighted by Crippen LogP contribution is 2.26. The van der Waals surface area contributed by atoms with Crippen molar-refractivity contribution in [2.75, 3.05) is 13.1 Å². The van der Waals surface area contributed by atoms with Crippen LogP contribution in [0.2, 0.25) is 0 Å². The first-order chi connectivity index (χ1) is 5.08. The monoisotopic (exact) mass is 271 g/mol. The van der Waals surface area contributed by atoms with Crippen LogP contribution in [-0.4, -0.2) is 38.1 Å². The number of β-amino-alcohol motifs (C(OH)–C–C–N with tert-alkyl or cyclic N) is 1. The van der Waals surface area contributed by atoms with E-state index in [2.05, 4.69) is 22.9 Å². The Kier molecular flexibility index (Phi) is 3.13. The van der Waals surface area contributed by atoms with Gasteiger partial charge in [0.05, 0.1) is 11.7 Å². The Morgan fingerprint density at radius 3 is 2.82 bits per heavy atom. The van der Waals surface area contributed by atoms with E-state index < -0.39 is 11.7 Å². The number of hydrogen-bond acceptors (Lipinski definition) is 3. The maximum absolute atomic E-state index is 9.79. The van der Waals surface area contributed by atoms with Gasteiger partial charge in [-0.3, -0.25) is 0 Å². The molecule has 3 nitrogen and oxygen atoms in total. The van der Waals surface area contributed by atoms with Crippen molar-refractivity contribution in [1.82, 2.24) is 3.11 Å². The number of hydrogen-bond donors (Lipinski definition) is 2. The van der Waals surface area contributed by atoms with Crippen LogP contribution in [0.1, 0.15) is 19.8 Å². The third kappa shape index (κ3) is 2.05. The van der Waals surface area contributed by atoms with Gasteiger partial charge in [-0.1, -0.05) is 6.92 Å². The smallest absolute Gasteiger partial charge is 0.0962 e. The van der Waals surface area contributed by atoms with Gasteiger partial charge in [-0.2, -0.15) is 0 Å². The van der Waals surface area contributed by atoms with E-state index in [-0.39, 0.29) is 0 Å². The minimum Gasteiger partial charge on any atom is -0.389 e. The Balaban J connectivity index is 2.56. The fourth-order valence-electron chi connectivity index (χ4n) is 1.34. The zero-order valence-electron chi connectivity index (χ0n) is 6.63. The minimum absolute atomic E-state index is 0.574. The normalized spacial score (nSPS) is 40.9. The van der Waals surface area contributed by atoms with Crippen LogP contribution in [-0.2, 0) is 0 Å². The molecule has 0 bridgehead atoms. The average molecular weight is 271 g/mol. The lowest BCUT2D eigenvalue weighted by Crippen LogP contribution is -2.52. The Morgan fingerprint density at radius 1 is 1.73 bits per heavy atom. The molecule has 0 saturated carbocycles. The molecule has 2 atom stereocenters. The van der Waals surface area contributed by atoms with E-state index in [1.165, 1.54) is 0 Å². The van der Waals surface area contributed by atoms with E-state index in [1.54, 1.807) is 0 Å². The van der Waals surface area contributed by atoms with Gasteiger partial charge < -0.3 is 10.2 Å². The second kappa shape index (κ2) is 3.55. The molecule has 0 aromatic rings. The average Bonchev–Trinajstić information content (AvgIpc) is 1.98. The van der Waals surface area contributed by atoms with Crippen molar-refractivity contribution in [1.29, 1.82) is 0 Å². The summed E-state index contributed by atoms with van der Waals surface area (Å²) in [6, 6.07) is 0. The quantitative estimate of drug-likeness (QED) is 0.540. The maximum Gasteiger partial charge on any atom is 0.0962 e. The topological polar surface area (TPSA) is 43.7 Å². The molecular weight excluding hydrogens is 257 g/mol. The van der Waals surface area contributed by atoms with E-state index in [0.717, 1.165) is 6.54 Å². The molecule has 0 amide bonds. The van der Waals surface area contributed by atoms with Crippen LogP contribution in [0, 0.1) is 0 Å². The first-order valence-corrected chi connectivity index (χ1v) is 4.86. The molecule has 0 aliphatic carbocycles. The van der Waals surface area contributed by atoms with Crippen molar-refractivity contribution in [3.8, 4) is 0 Å². The van der Waals surface area contributed by atoms with Crippen LogP contribution in [0.15, 0.2) is 0 Å². The van der Waals surface area contributed by atoms with Crippen molar-refractivity contribution < 1.29 is 10.2 Å². The highest BCUT2D eigenvalue weighted by molar-refractivity contribution is 14.1. The van der Waals surface area contributed by atoms with E-state index >= 15 is 0 Å². The summed E-state index contributed by atoms with van der Waals surface area (Å²) < 4.78 is 2.01. The molecule has 11 heavy (non-hydrogen) atoms. The second-order valence-corrected chi connectivity index (χ2v) is 4.46. The van der Waals surface area contributed by atoms with Crippen LogP contribution < -0.4 is 0 Å². The van der Waals surface area contributed by atoms with Crippen molar-refractivity contribution in [2.24, 2.45) is 0 Å². The molecule has 0 radical (unpaired) electrons. The lowest BCUT2D eigenvalue weighted by molar-refractivity contribution is -0.104. The first-order valence-electron chi connectivity index (χ1n) is 3.89. The number of nitrogens with zero attached hydrogens (tertiary/aromatic N) is 1. The highest BCUT2D eigenvalue weighted by atomic mass is 127. The SMILES string of the molecule is CCC1(O)CCN(I)CC1O. The van der Waals surface area contributed by atoms with Crippen molar-refractivity contribution in [3.05, 3.63) is 0 Å². The van der Waals surface area contributed by atoms with E-state index in [9.17, 15) is 10.2 Å². The molecule has 1 rings (SSSR count). The number of rotatable bonds is 1. The Bertz CT molecular complexity index is 144. The molecule has 2 N–H and O–H groups in total. The van der Waals surface area contributed by atoms with Gasteiger partial charge in [-0.25, -0.2) is 3.11 Å². The molecule has 0 spiro atoms. The van der Waals surface area contributed by atoms with Crippen LogP contribution in [0.25, 0.3) is 0 Å². The van der Waals surface area contributed by atoms with Gasteiger partial charge in [0.25, 0.3) is 0 Å². The van der Waals surface area contributed by atoms with Gasteiger partial charge >= 0.3 is 0 Å². The summed E-state index contributed by atoms with van der Waals surface area (Å²) >= 11 is 2.17. The lowest BCUT2D eigenvalue weighted by atomic mass is 9.87. The fourth-order valence-corrected chi connectivity index (χ4v) is 1.96. The number of halogens is 1. The zero-order chi connectivity index (χ0) is 8.48. The lowest BCUT2D eigenvalue weighted by Gasteiger charge is -2.39. The van der Waals surface area contributed by atoms with Crippen molar-refractivity contribution in [2.45, 2.75) is 31.5 Å². The molecule has 66 valence electrons. The molecule has 1 aliphatic rings. The maximum atomic E-state index is 9.79. The molecule has 1 aliphatic heterocycles. The number of piperidine rings is 1. The molecule has 0 aromatic carbocycles. The minimum atomic E-state index is -0.832. The van der Waals surface area contributed by atoms with Gasteiger partial charge in [0.1, 0.15) is 0 Å². The molecule has 1 heterocycles. The Morgan fingerprint density at radius 2 is 2.36 bits per heavy atom. The third-order valence-corrected chi connectivity index (χ3v) is 3.27. The molecule has 0 aromatic heterocycles. The summed E-state index contributed by atoms with van der Waals surface area (Å²) in [5.74, 6) is 0. The fraction of sp³-hybridized carbons (Fsp3) is 1.00. The van der Waals surface area contributed by atoms with Crippen molar-refractivity contribution >= 4 is 22.9 Å². The summed E-state index contributed by atoms with van der Waals surface area (Å²) in [7, 11) is 0. The van der Waals surface area contributed by atoms with Gasteiger partial charge in [-0.15, -0.1) is 0 Å². The summed E-state index contributed by atoms with van der Waals surface area (Å²) in [4.78, 5) is 0. The summed E-state index contributed by atoms with van der Waals surface area (Å²) in [5.41, 5.74) is -0.832. The third-order valence-electron chi connectivity index (χ3n) is 2.39. The number of aliphatic hydroxyl groups excluding tert-OH is 1. The summed E-state index contributed by atoms with van der Waals surface area (Å²) in [6.07, 6.45) is 0.727. The van der Waals surface area contributed by atoms with Crippen LogP contribution in [0.4, 0.5) is 0 Å². The van der Waals surface area contributed by atoms with Crippen LogP contribution in [0.3, 0.4) is 0 Å². The molecule has 1 fully saturated rings. The van der Waals surface area contributed by atoms with Crippen LogP contribution >= 0.6 is 22.9 Å². The van der Waals surface area contributed by atoms with Crippen LogP contribution in [0.5, 0.6) is 0 Å². The largest absolute Gasteiger partial charge is 0.389 e. The standard InChI is InChI=1S/C7H14INO2/c1-2-7(11)3-4-9(8)5-6(7)10/h6,10-11H,2-5H2,1H3. The van der Waals surface area contributed by atoms with Gasteiger partial charge in [-0.05, 0) is 12.8 Å². The molecule has 1 saturated heterocycles. The molecule has 2 unspecified atom stereocenters. The zero-order valence-corrected chi connectivity index (χ0v) is 8.78. The predicted octanol–water partition coefficient (Wildman–Crippen LogP) is 0.544. The molecular formula is C7H14INO2. The van der Waals surface area contributed by atoms with Gasteiger partial charge in [0, 0.05) is 36.0 Å². The predicted molar refractivity (Wildman–Crippen MR) is 51.5 cm³/mol. The molecule has 4 heteroatoms.